The van der Waals surface area contributed by atoms with Crippen molar-refractivity contribution < 1.29 is 19.5 Å². The maximum atomic E-state index is 11.9. The first-order valence-corrected chi connectivity index (χ1v) is 7.64. The Labute approximate surface area is 124 Å². The van der Waals surface area contributed by atoms with E-state index in [2.05, 4.69) is 5.32 Å². The van der Waals surface area contributed by atoms with Crippen molar-refractivity contribution in [1.29, 1.82) is 0 Å². The third-order valence-corrected chi connectivity index (χ3v) is 4.12. The number of amides is 3. The molecule has 7 nitrogen and oxygen atoms in total. The van der Waals surface area contributed by atoms with E-state index in [1.54, 1.807) is 0 Å². The molecule has 2 aliphatic heterocycles. The number of rotatable bonds is 4. The average Bonchev–Trinajstić information content (AvgIpc) is 2.97. The predicted molar refractivity (Wildman–Crippen MR) is 75.8 cm³/mol. The summed E-state index contributed by atoms with van der Waals surface area (Å²) in [6.45, 7) is 2.33. The first-order valence-electron chi connectivity index (χ1n) is 7.64. The second-order valence-electron chi connectivity index (χ2n) is 5.61. The lowest BCUT2D eigenvalue weighted by atomic mass is 10.1. The van der Waals surface area contributed by atoms with Crippen LogP contribution >= 0.6 is 0 Å². The van der Waals surface area contributed by atoms with Gasteiger partial charge in [-0.25, -0.2) is 9.59 Å². The molecule has 21 heavy (non-hydrogen) atoms. The molecule has 0 aromatic carbocycles. The van der Waals surface area contributed by atoms with Crippen LogP contribution in [0.1, 0.15) is 38.5 Å². The largest absolute Gasteiger partial charge is 0.480 e. The molecule has 3 amide bonds. The molecule has 0 bridgehead atoms. The summed E-state index contributed by atoms with van der Waals surface area (Å²) in [5.41, 5.74) is 0. The van der Waals surface area contributed by atoms with Crippen molar-refractivity contribution in [2.24, 2.45) is 0 Å². The summed E-state index contributed by atoms with van der Waals surface area (Å²) in [4.78, 5) is 38.1. The van der Waals surface area contributed by atoms with Crippen LogP contribution in [0.25, 0.3) is 0 Å². The number of hydrogen-bond acceptors (Lipinski definition) is 3. The molecule has 0 saturated carbocycles. The molecular weight excluding hydrogens is 274 g/mol. The number of piperidine rings is 1. The number of hydrogen-bond donors (Lipinski definition) is 2. The number of aliphatic carboxylic acids is 1. The van der Waals surface area contributed by atoms with Crippen molar-refractivity contribution in [3.05, 3.63) is 0 Å². The Bertz CT molecular complexity index is 407. The van der Waals surface area contributed by atoms with Crippen molar-refractivity contribution in [2.45, 2.75) is 44.6 Å². The minimum absolute atomic E-state index is 0.0613. The van der Waals surface area contributed by atoms with Crippen LogP contribution in [0.3, 0.4) is 0 Å². The molecule has 0 aromatic heterocycles. The van der Waals surface area contributed by atoms with Gasteiger partial charge in [0.2, 0.25) is 5.91 Å². The molecule has 1 atom stereocenters. The fourth-order valence-electron chi connectivity index (χ4n) is 2.95. The first-order chi connectivity index (χ1) is 10.1. The van der Waals surface area contributed by atoms with Crippen LogP contribution in [0.4, 0.5) is 4.79 Å². The van der Waals surface area contributed by atoms with Gasteiger partial charge in [-0.3, -0.25) is 4.79 Å². The zero-order valence-corrected chi connectivity index (χ0v) is 12.2. The van der Waals surface area contributed by atoms with Crippen molar-refractivity contribution in [1.82, 2.24) is 15.1 Å². The molecule has 2 rings (SSSR count). The van der Waals surface area contributed by atoms with Gasteiger partial charge in [-0.1, -0.05) is 0 Å². The summed E-state index contributed by atoms with van der Waals surface area (Å²) < 4.78 is 0. The van der Waals surface area contributed by atoms with Gasteiger partial charge >= 0.3 is 12.0 Å². The summed E-state index contributed by atoms with van der Waals surface area (Å²) in [6.07, 6.45) is 4.74. The van der Waals surface area contributed by atoms with Crippen LogP contribution in [-0.2, 0) is 9.59 Å². The number of nitrogens with zero attached hydrogens (tertiary/aromatic N) is 2. The maximum Gasteiger partial charge on any atom is 0.326 e. The number of carboxylic acids is 1. The molecule has 2 N–H and O–H groups in total. The van der Waals surface area contributed by atoms with E-state index >= 15 is 0 Å². The Morgan fingerprint density at radius 1 is 1.05 bits per heavy atom. The van der Waals surface area contributed by atoms with Gasteiger partial charge < -0.3 is 20.2 Å². The number of nitrogens with one attached hydrogen (secondary N) is 1. The highest BCUT2D eigenvalue weighted by molar-refractivity contribution is 5.83. The van der Waals surface area contributed by atoms with Crippen molar-refractivity contribution in [2.75, 3.05) is 26.2 Å². The van der Waals surface area contributed by atoms with Gasteiger partial charge in [0.25, 0.3) is 0 Å². The average molecular weight is 297 g/mol. The second-order valence-corrected chi connectivity index (χ2v) is 5.61. The van der Waals surface area contributed by atoms with E-state index in [1.807, 2.05) is 4.90 Å². The van der Waals surface area contributed by atoms with Gasteiger partial charge in [-0.2, -0.15) is 0 Å². The highest BCUT2D eigenvalue weighted by Gasteiger charge is 2.33. The molecule has 2 heterocycles. The van der Waals surface area contributed by atoms with Crippen molar-refractivity contribution >= 4 is 17.9 Å². The van der Waals surface area contributed by atoms with Gasteiger partial charge in [-0.05, 0) is 32.1 Å². The molecule has 0 radical (unpaired) electrons. The van der Waals surface area contributed by atoms with Crippen LogP contribution in [0.5, 0.6) is 0 Å². The molecule has 7 heteroatoms. The first kappa shape index (κ1) is 15.6. The van der Waals surface area contributed by atoms with Crippen LogP contribution in [0.2, 0.25) is 0 Å². The van der Waals surface area contributed by atoms with E-state index in [0.717, 1.165) is 25.9 Å². The fourth-order valence-corrected chi connectivity index (χ4v) is 2.95. The summed E-state index contributed by atoms with van der Waals surface area (Å²) in [5, 5.41) is 11.7. The Kier molecular flexibility index (Phi) is 5.41. The topological polar surface area (TPSA) is 90.0 Å². The van der Waals surface area contributed by atoms with Gasteiger partial charge in [-0.15, -0.1) is 0 Å². The van der Waals surface area contributed by atoms with E-state index in [-0.39, 0.29) is 24.9 Å². The molecule has 0 spiro atoms. The maximum absolute atomic E-state index is 11.9. The lowest BCUT2D eigenvalue weighted by molar-refractivity contribution is -0.141. The number of carbonyl (C=O) groups excluding carboxylic acids is 2. The second kappa shape index (κ2) is 7.28. The third-order valence-electron chi connectivity index (χ3n) is 4.12. The highest BCUT2D eigenvalue weighted by atomic mass is 16.4. The fraction of sp³-hybridized carbons (Fsp3) is 0.786. The van der Waals surface area contributed by atoms with Crippen LogP contribution < -0.4 is 5.32 Å². The van der Waals surface area contributed by atoms with Crippen LogP contribution in [0, 0.1) is 0 Å². The Morgan fingerprint density at radius 2 is 1.76 bits per heavy atom. The molecule has 0 unspecified atom stereocenters. The number of likely N-dealkylation sites (tertiary alicyclic amines) is 2. The van der Waals surface area contributed by atoms with Gasteiger partial charge in [0.1, 0.15) is 6.04 Å². The third kappa shape index (κ3) is 4.09. The summed E-state index contributed by atoms with van der Waals surface area (Å²) >= 11 is 0. The Hall–Kier alpha value is -1.79. The van der Waals surface area contributed by atoms with Crippen molar-refractivity contribution in [3.63, 3.8) is 0 Å². The van der Waals surface area contributed by atoms with E-state index < -0.39 is 12.0 Å². The number of carbonyl (C=O) groups is 3. The summed E-state index contributed by atoms with van der Waals surface area (Å²) in [6, 6.07) is -1.12. The molecule has 2 saturated heterocycles. The lowest BCUT2D eigenvalue weighted by Crippen LogP contribution is -2.47. The van der Waals surface area contributed by atoms with Gasteiger partial charge in [0.15, 0.2) is 0 Å². The molecule has 2 aliphatic rings. The summed E-state index contributed by atoms with van der Waals surface area (Å²) in [5.74, 6) is -0.904. The van der Waals surface area contributed by atoms with E-state index in [9.17, 15) is 14.4 Å². The standard InChI is InChI=1S/C14H23N3O4/c18-12(16-8-2-1-3-9-16)6-7-15-14(21)17-10-4-5-11(17)13(19)20/h11H,1-10H2,(H,15,21)(H,19,20)/t11-/m0/s1. The number of carboxylic acid groups (broad SMARTS) is 1. The van der Waals surface area contributed by atoms with E-state index in [4.69, 9.17) is 5.11 Å². The minimum Gasteiger partial charge on any atom is -0.480 e. The van der Waals surface area contributed by atoms with Crippen LogP contribution in [0.15, 0.2) is 0 Å². The molecule has 0 aliphatic carbocycles. The molecule has 0 aromatic rings. The molecular formula is C14H23N3O4. The highest BCUT2D eigenvalue weighted by Crippen LogP contribution is 2.17. The van der Waals surface area contributed by atoms with E-state index in [1.165, 1.54) is 11.3 Å². The van der Waals surface area contributed by atoms with Crippen molar-refractivity contribution in [3.8, 4) is 0 Å². The molecule has 118 valence electrons. The predicted octanol–water partition coefficient (Wildman–Crippen LogP) is 0.648. The quantitative estimate of drug-likeness (QED) is 0.797. The normalized spacial score (nSPS) is 22.2. The van der Waals surface area contributed by atoms with Gasteiger partial charge in [0.05, 0.1) is 0 Å². The SMILES string of the molecule is O=C(O)[C@@H]1CCCN1C(=O)NCCC(=O)N1CCCCC1. The zero-order valence-electron chi connectivity index (χ0n) is 12.2. The molecule has 2 fully saturated rings. The van der Waals surface area contributed by atoms with E-state index in [0.29, 0.717) is 19.4 Å². The zero-order chi connectivity index (χ0) is 15.2. The van der Waals surface area contributed by atoms with Crippen LogP contribution in [-0.4, -0.2) is 65.0 Å². The monoisotopic (exact) mass is 297 g/mol. The Morgan fingerprint density at radius 3 is 2.43 bits per heavy atom. The smallest absolute Gasteiger partial charge is 0.326 e. The summed E-state index contributed by atoms with van der Waals surface area (Å²) in [7, 11) is 0. The Balaban J connectivity index is 1.71. The minimum atomic E-state index is -0.966. The number of urea groups is 1. The lowest BCUT2D eigenvalue weighted by Gasteiger charge is -2.27. The van der Waals surface area contributed by atoms with Gasteiger partial charge in [0, 0.05) is 32.6 Å².